The highest BCUT2D eigenvalue weighted by molar-refractivity contribution is 7.89. The molecule has 0 spiro atoms. The van der Waals surface area contributed by atoms with Crippen LogP contribution in [0.15, 0.2) is 17.0 Å². The third-order valence-corrected chi connectivity index (χ3v) is 3.45. The van der Waals surface area contributed by atoms with Crippen molar-refractivity contribution in [3.8, 4) is 0 Å². The number of primary sulfonamides is 1. The SMILES string of the molecule is Cc1c(C(=O)OC(C)C)cc(Cl)cc1S(N)(=O)=O. The second kappa shape index (κ2) is 5.26. The maximum absolute atomic E-state index is 11.8. The molecule has 0 aliphatic rings. The molecule has 18 heavy (non-hydrogen) atoms. The van der Waals surface area contributed by atoms with E-state index in [9.17, 15) is 13.2 Å². The monoisotopic (exact) mass is 291 g/mol. The van der Waals surface area contributed by atoms with E-state index < -0.39 is 16.0 Å². The van der Waals surface area contributed by atoms with Crippen molar-refractivity contribution in [1.29, 1.82) is 0 Å². The molecule has 1 aromatic rings. The van der Waals surface area contributed by atoms with Gasteiger partial charge in [-0.2, -0.15) is 0 Å². The number of hydrogen-bond donors (Lipinski definition) is 1. The van der Waals surface area contributed by atoms with Crippen molar-refractivity contribution in [2.45, 2.75) is 31.8 Å². The highest BCUT2D eigenvalue weighted by Crippen LogP contribution is 2.24. The van der Waals surface area contributed by atoms with Crippen molar-refractivity contribution in [3.63, 3.8) is 0 Å². The number of nitrogens with two attached hydrogens (primary N) is 1. The molecule has 0 aliphatic carbocycles. The summed E-state index contributed by atoms with van der Waals surface area (Å²) >= 11 is 5.78. The van der Waals surface area contributed by atoms with E-state index in [1.54, 1.807) is 13.8 Å². The summed E-state index contributed by atoms with van der Waals surface area (Å²) in [7, 11) is -3.93. The van der Waals surface area contributed by atoms with Crippen LogP contribution in [0.4, 0.5) is 0 Å². The lowest BCUT2D eigenvalue weighted by atomic mass is 10.1. The van der Waals surface area contributed by atoms with Crippen LogP contribution in [0.1, 0.15) is 29.8 Å². The minimum atomic E-state index is -3.93. The molecule has 0 fully saturated rings. The Kier molecular flexibility index (Phi) is 4.37. The molecular weight excluding hydrogens is 278 g/mol. The van der Waals surface area contributed by atoms with Gasteiger partial charge in [0.2, 0.25) is 10.0 Å². The zero-order chi connectivity index (χ0) is 14.1. The largest absolute Gasteiger partial charge is 0.459 e. The molecule has 2 N–H and O–H groups in total. The predicted octanol–water partition coefficient (Wildman–Crippen LogP) is 1.86. The van der Waals surface area contributed by atoms with Crippen molar-refractivity contribution >= 4 is 27.6 Å². The van der Waals surface area contributed by atoms with Crippen LogP contribution < -0.4 is 5.14 Å². The molecule has 0 amide bonds. The van der Waals surface area contributed by atoms with E-state index in [2.05, 4.69) is 0 Å². The van der Waals surface area contributed by atoms with Crippen LogP contribution in [-0.4, -0.2) is 20.5 Å². The van der Waals surface area contributed by atoms with Crippen LogP contribution in [0.25, 0.3) is 0 Å². The summed E-state index contributed by atoms with van der Waals surface area (Å²) in [6.07, 6.45) is -0.311. The molecule has 1 rings (SSSR count). The zero-order valence-corrected chi connectivity index (χ0v) is 11.8. The van der Waals surface area contributed by atoms with Gasteiger partial charge in [-0.1, -0.05) is 11.6 Å². The van der Waals surface area contributed by atoms with Crippen LogP contribution in [0.3, 0.4) is 0 Å². The summed E-state index contributed by atoms with van der Waals surface area (Å²) in [6.45, 7) is 4.86. The van der Waals surface area contributed by atoms with Gasteiger partial charge in [-0.05, 0) is 38.5 Å². The van der Waals surface area contributed by atoms with E-state index >= 15 is 0 Å². The van der Waals surface area contributed by atoms with Gasteiger partial charge >= 0.3 is 5.97 Å². The normalized spacial score (nSPS) is 11.7. The van der Waals surface area contributed by atoms with E-state index in [0.717, 1.165) is 0 Å². The Hall–Kier alpha value is -1.11. The third-order valence-electron chi connectivity index (χ3n) is 2.19. The fourth-order valence-electron chi connectivity index (χ4n) is 1.44. The molecule has 0 bridgehead atoms. The minimum Gasteiger partial charge on any atom is -0.459 e. The number of sulfonamides is 1. The molecule has 0 heterocycles. The number of rotatable bonds is 3. The lowest BCUT2D eigenvalue weighted by Gasteiger charge is -2.12. The number of ether oxygens (including phenoxy) is 1. The Bertz CT molecular complexity index is 581. The number of halogens is 1. The van der Waals surface area contributed by atoms with Gasteiger partial charge in [0.05, 0.1) is 16.6 Å². The van der Waals surface area contributed by atoms with Crippen LogP contribution in [0.2, 0.25) is 5.02 Å². The number of carbonyl (C=O) groups is 1. The van der Waals surface area contributed by atoms with E-state index in [0.29, 0.717) is 0 Å². The Morgan fingerprint density at radius 2 is 1.94 bits per heavy atom. The van der Waals surface area contributed by atoms with Crippen LogP contribution in [0, 0.1) is 6.92 Å². The predicted molar refractivity (Wildman–Crippen MR) is 68.1 cm³/mol. The maximum atomic E-state index is 11.8. The molecule has 1 aromatic carbocycles. The molecule has 7 heteroatoms. The quantitative estimate of drug-likeness (QED) is 0.861. The molecule has 0 aromatic heterocycles. The summed E-state index contributed by atoms with van der Waals surface area (Å²) in [5.41, 5.74) is 0.327. The maximum Gasteiger partial charge on any atom is 0.338 e. The summed E-state index contributed by atoms with van der Waals surface area (Å²) in [5, 5.41) is 5.17. The number of esters is 1. The van der Waals surface area contributed by atoms with E-state index in [-0.39, 0.29) is 27.1 Å². The molecule has 0 aliphatic heterocycles. The minimum absolute atomic E-state index is 0.0974. The summed E-state index contributed by atoms with van der Waals surface area (Å²) < 4.78 is 27.7. The van der Waals surface area contributed by atoms with E-state index in [1.807, 2.05) is 0 Å². The standard InChI is InChI=1S/C11H14ClNO4S/c1-6(2)17-11(14)9-4-8(12)5-10(7(9)3)18(13,15)16/h4-6H,1-3H3,(H2,13,15,16). The first kappa shape index (κ1) is 14.9. The lowest BCUT2D eigenvalue weighted by molar-refractivity contribution is 0.0376. The Morgan fingerprint density at radius 1 is 1.39 bits per heavy atom. The van der Waals surface area contributed by atoms with Gasteiger partial charge in [-0.15, -0.1) is 0 Å². The molecule has 100 valence electrons. The average molecular weight is 292 g/mol. The van der Waals surface area contributed by atoms with Crippen molar-refractivity contribution in [2.24, 2.45) is 5.14 Å². The van der Waals surface area contributed by atoms with E-state index in [1.165, 1.54) is 19.1 Å². The number of benzene rings is 1. The van der Waals surface area contributed by atoms with Crippen molar-refractivity contribution < 1.29 is 17.9 Å². The topological polar surface area (TPSA) is 86.5 Å². The second-order valence-electron chi connectivity index (χ2n) is 4.08. The third kappa shape index (κ3) is 3.44. The smallest absolute Gasteiger partial charge is 0.338 e. The first-order valence-corrected chi connectivity index (χ1v) is 7.09. The average Bonchev–Trinajstić information content (AvgIpc) is 2.18. The van der Waals surface area contributed by atoms with E-state index in [4.69, 9.17) is 21.5 Å². The Morgan fingerprint density at radius 3 is 2.39 bits per heavy atom. The van der Waals surface area contributed by atoms with Crippen LogP contribution in [-0.2, 0) is 14.8 Å². The van der Waals surface area contributed by atoms with Crippen molar-refractivity contribution in [2.75, 3.05) is 0 Å². The van der Waals surface area contributed by atoms with Gasteiger partial charge in [0, 0.05) is 5.02 Å². The molecule has 0 saturated carbocycles. The lowest BCUT2D eigenvalue weighted by Crippen LogP contribution is -2.18. The number of hydrogen-bond acceptors (Lipinski definition) is 4. The second-order valence-corrected chi connectivity index (χ2v) is 6.04. The van der Waals surface area contributed by atoms with Crippen molar-refractivity contribution in [1.82, 2.24) is 0 Å². The van der Waals surface area contributed by atoms with Gasteiger partial charge in [-0.25, -0.2) is 18.4 Å². The Labute approximate surface area is 111 Å². The highest BCUT2D eigenvalue weighted by Gasteiger charge is 2.20. The highest BCUT2D eigenvalue weighted by atomic mass is 35.5. The van der Waals surface area contributed by atoms with Gasteiger partial charge in [0.15, 0.2) is 0 Å². The van der Waals surface area contributed by atoms with Crippen LogP contribution in [0.5, 0.6) is 0 Å². The zero-order valence-electron chi connectivity index (χ0n) is 10.2. The van der Waals surface area contributed by atoms with Gasteiger partial charge in [-0.3, -0.25) is 0 Å². The van der Waals surface area contributed by atoms with Crippen LogP contribution >= 0.6 is 11.6 Å². The fourth-order valence-corrected chi connectivity index (χ4v) is 2.55. The van der Waals surface area contributed by atoms with Crippen molar-refractivity contribution in [3.05, 3.63) is 28.3 Å². The first-order valence-electron chi connectivity index (χ1n) is 5.17. The molecule has 0 unspecified atom stereocenters. The molecule has 0 radical (unpaired) electrons. The van der Waals surface area contributed by atoms with Gasteiger partial charge < -0.3 is 4.74 Å². The van der Waals surface area contributed by atoms with Gasteiger partial charge in [0.1, 0.15) is 0 Å². The summed E-state index contributed by atoms with van der Waals surface area (Å²) in [4.78, 5) is 11.6. The molecular formula is C11H14ClNO4S. The summed E-state index contributed by atoms with van der Waals surface area (Å²) in [6, 6.07) is 2.56. The Balaban J connectivity index is 3.39. The molecule has 0 saturated heterocycles. The number of carbonyl (C=O) groups excluding carboxylic acids is 1. The van der Waals surface area contributed by atoms with Gasteiger partial charge in [0.25, 0.3) is 0 Å². The summed E-state index contributed by atoms with van der Waals surface area (Å²) in [5.74, 6) is -0.630. The fraction of sp³-hybridized carbons (Fsp3) is 0.364. The molecule has 0 atom stereocenters. The molecule has 5 nitrogen and oxygen atoms in total. The first-order chi connectivity index (χ1) is 8.12.